The maximum atomic E-state index is 12.8. The maximum absolute atomic E-state index is 12.8. The minimum absolute atomic E-state index is 0.266. The quantitative estimate of drug-likeness (QED) is 0.387. The number of carbonyl (C=O) groups excluding carboxylic acids is 1. The van der Waals surface area contributed by atoms with Crippen LogP contribution in [-0.2, 0) is 4.79 Å². The lowest BCUT2D eigenvalue weighted by Crippen LogP contribution is -2.47. The molecule has 0 spiro atoms. The van der Waals surface area contributed by atoms with Crippen molar-refractivity contribution >= 4 is 34.3 Å². The maximum Gasteiger partial charge on any atom is 0.303 e. The smallest absolute Gasteiger partial charge is 0.303 e. The second-order valence-electron chi connectivity index (χ2n) is 9.11. The fraction of sp³-hybridized carbons (Fsp3) is 0.308. The summed E-state index contributed by atoms with van der Waals surface area (Å²) in [4.78, 5) is 28.5. The third-order valence-electron chi connectivity index (χ3n) is 6.73. The predicted molar refractivity (Wildman–Crippen MR) is 133 cm³/mol. The normalized spacial score (nSPS) is 17.9. The number of carboxylic acids is 1. The number of fused-ring (bicyclic) bond motifs is 1. The van der Waals surface area contributed by atoms with Gasteiger partial charge in [-0.15, -0.1) is 0 Å². The van der Waals surface area contributed by atoms with Crippen molar-refractivity contribution in [3.63, 3.8) is 0 Å². The number of benzene rings is 2. The largest absolute Gasteiger partial charge is 0.481 e. The van der Waals surface area contributed by atoms with Gasteiger partial charge in [0.2, 0.25) is 0 Å². The second-order valence-corrected chi connectivity index (χ2v) is 9.88. The van der Waals surface area contributed by atoms with Crippen LogP contribution in [0.4, 0.5) is 0 Å². The molecular formula is C26H26N5O3S+. The van der Waals surface area contributed by atoms with Crippen molar-refractivity contribution in [3.05, 3.63) is 70.9 Å². The second kappa shape index (κ2) is 9.87. The molecule has 0 aliphatic heterocycles. The number of hydrogen-bond donors (Lipinski definition) is 2. The molecule has 0 bridgehead atoms. The van der Waals surface area contributed by atoms with E-state index in [9.17, 15) is 9.59 Å². The minimum Gasteiger partial charge on any atom is -0.481 e. The third-order valence-corrected chi connectivity index (χ3v) is 7.28. The molecule has 35 heavy (non-hydrogen) atoms. The van der Waals surface area contributed by atoms with Crippen molar-refractivity contribution < 1.29 is 18.9 Å². The van der Waals surface area contributed by atoms with Gasteiger partial charge in [0.1, 0.15) is 11.5 Å². The van der Waals surface area contributed by atoms with E-state index in [1.165, 1.54) is 26.8 Å². The summed E-state index contributed by atoms with van der Waals surface area (Å²) in [5, 5.41) is 17.3. The van der Waals surface area contributed by atoms with Crippen LogP contribution in [0.2, 0.25) is 0 Å². The number of aromatic nitrogens is 4. The molecule has 2 aromatic heterocycles. The van der Waals surface area contributed by atoms with Crippen molar-refractivity contribution in [2.24, 2.45) is 5.92 Å². The van der Waals surface area contributed by atoms with Crippen LogP contribution in [0, 0.1) is 12.8 Å². The van der Waals surface area contributed by atoms with Crippen LogP contribution in [-0.4, -0.2) is 32.3 Å². The van der Waals surface area contributed by atoms with E-state index in [4.69, 9.17) is 5.11 Å². The zero-order valence-corrected chi connectivity index (χ0v) is 20.2. The lowest BCUT2D eigenvalue weighted by Gasteiger charge is -2.28. The SMILES string of the molecule is Cc1cc(C(=O)N[n+]2nncs2)c2ccc(-c3ccc(C4CCC(CC(=O)O)CC4)cc3)cc2n1. The third kappa shape index (κ3) is 5.19. The van der Waals surface area contributed by atoms with Gasteiger partial charge in [0, 0.05) is 21.7 Å². The van der Waals surface area contributed by atoms with Crippen LogP contribution in [0.25, 0.3) is 22.0 Å². The molecule has 1 aliphatic rings. The summed E-state index contributed by atoms with van der Waals surface area (Å²) in [5.74, 6) is -0.166. The van der Waals surface area contributed by atoms with Gasteiger partial charge >= 0.3 is 5.97 Å². The van der Waals surface area contributed by atoms with Gasteiger partial charge in [-0.25, -0.2) is 0 Å². The van der Waals surface area contributed by atoms with E-state index in [1.54, 1.807) is 6.07 Å². The molecule has 5 rings (SSSR count). The van der Waals surface area contributed by atoms with E-state index in [0.717, 1.165) is 53.4 Å². The number of aliphatic carboxylic acids is 1. The van der Waals surface area contributed by atoms with Crippen LogP contribution in [0.3, 0.4) is 0 Å². The fourth-order valence-corrected chi connectivity index (χ4v) is 5.37. The lowest BCUT2D eigenvalue weighted by molar-refractivity contribution is -0.638. The summed E-state index contributed by atoms with van der Waals surface area (Å²) in [6.07, 6.45) is 4.31. The van der Waals surface area contributed by atoms with Gasteiger partial charge in [-0.2, -0.15) is 5.43 Å². The first-order chi connectivity index (χ1) is 17.0. The molecule has 0 radical (unpaired) electrons. The number of nitrogens with zero attached hydrogens (tertiary/aromatic N) is 4. The summed E-state index contributed by atoms with van der Waals surface area (Å²) in [6, 6.07) is 16.4. The first kappa shape index (κ1) is 23.0. The van der Waals surface area contributed by atoms with Crippen LogP contribution in [0.5, 0.6) is 0 Å². The first-order valence-corrected chi connectivity index (χ1v) is 12.5. The Morgan fingerprint density at radius 1 is 1.06 bits per heavy atom. The highest BCUT2D eigenvalue weighted by atomic mass is 32.1. The molecule has 1 amide bonds. The molecule has 0 saturated heterocycles. The number of aryl methyl sites for hydroxylation is 1. The van der Waals surface area contributed by atoms with Crippen molar-refractivity contribution in [1.29, 1.82) is 0 Å². The van der Waals surface area contributed by atoms with E-state index in [-0.39, 0.29) is 12.3 Å². The molecule has 1 aliphatic carbocycles. The Hall–Kier alpha value is -3.72. The van der Waals surface area contributed by atoms with Crippen LogP contribution in [0.1, 0.15) is 59.6 Å². The Morgan fingerprint density at radius 3 is 2.49 bits per heavy atom. The molecular weight excluding hydrogens is 462 g/mol. The fourth-order valence-electron chi connectivity index (χ4n) is 4.97. The molecule has 1 fully saturated rings. The highest BCUT2D eigenvalue weighted by molar-refractivity contribution is 6.99. The Labute approximate surface area is 206 Å². The molecule has 2 aromatic carbocycles. The molecule has 2 heterocycles. The highest BCUT2D eigenvalue weighted by Crippen LogP contribution is 2.37. The molecule has 2 N–H and O–H groups in total. The van der Waals surface area contributed by atoms with Gasteiger partial charge in [0.05, 0.1) is 16.2 Å². The molecule has 4 aromatic rings. The Morgan fingerprint density at radius 2 is 1.80 bits per heavy atom. The van der Waals surface area contributed by atoms with Crippen molar-refractivity contribution in [2.45, 2.75) is 44.9 Å². The average Bonchev–Trinajstić information content (AvgIpc) is 3.36. The van der Waals surface area contributed by atoms with Crippen molar-refractivity contribution in [2.75, 3.05) is 5.43 Å². The molecule has 1 saturated carbocycles. The van der Waals surface area contributed by atoms with E-state index >= 15 is 0 Å². The average molecular weight is 489 g/mol. The molecule has 8 nitrogen and oxygen atoms in total. The monoisotopic (exact) mass is 488 g/mol. The van der Waals surface area contributed by atoms with E-state index in [2.05, 4.69) is 45.0 Å². The van der Waals surface area contributed by atoms with Gasteiger partial charge < -0.3 is 5.11 Å². The zero-order valence-electron chi connectivity index (χ0n) is 19.3. The van der Waals surface area contributed by atoms with Gasteiger partial charge in [-0.3, -0.25) is 14.6 Å². The Balaban J connectivity index is 1.35. The summed E-state index contributed by atoms with van der Waals surface area (Å²) >= 11 is 1.19. The summed E-state index contributed by atoms with van der Waals surface area (Å²) in [6.45, 7) is 1.88. The van der Waals surface area contributed by atoms with E-state index < -0.39 is 5.97 Å². The number of amides is 1. The van der Waals surface area contributed by atoms with Crippen LogP contribution < -0.4 is 9.61 Å². The summed E-state index contributed by atoms with van der Waals surface area (Å²) in [5.41, 5.74) is 9.76. The number of nitrogens with one attached hydrogen (secondary N) is 1. The number of carbonyl (C=O) groups is 2. The number of rotatable bonds is 6. The number of hydrogen-bond acceptors (Lipinski definition) is 6. The summed E-state index contributed by atoms with van der Waals surface area (Å²) in [7, 11) is 0. The van der Waals surface area contributed by atoms with Gasteiger partial charge in [-0.1, -0.05) is 36.4 Å². The zero-order chi connectivity index (χ0) is 24.4. The Bertz CT molecular complexity index is 1360. The topological polar surface area (TPSA) is 109 Å². The Kier molecular flexibility index (Phi) is 6.50. The molecule has 0 unspecified atom stereocenters. The van der Waals surface area contributed by atoms with E-state index in [1.807, 2.05) is 25.1 Å². The van der Waals surface area contributed by atoms with E-state index in [0.29, 0.717) is 17.4 Å². The summed E-state index contributed by atoms with van der Waals surface area (Å²) < 4.78 is 1.32. The lowest BCUT2D eigenvalue weighted by atomic mass is 9.77. The van der Waals surface area contributed by atoms with Crippen molar-refractivity contribution in [3.8, 4) is 11.1 Å². The standard InChI is InChI=1S/C26H25N5O3S/c1-16-12-23(26(34)29-31-30-27-15-35-31)22-11-10-21(14-24(22)28-16)20-8-6-19(7-9-20)18-4-2-17(3-5-18)13-25(32)33/h6-12,14-15,17-18H,2-5,13H2,1H3,(H-,29,30,32,33,34)/p+1. The van der Waals surface area contributed by atoms with Crippen LogP contribution >= 0.6 is 11.5 Å². The molecule has 0 atom stereocenters. The molecule has 178 valence electrons. The van der Waals surface area contributed by atoms with Crippen LogP contribution in [0.15, 0.2) is 54.0 Å². The number of carboxylic acid groups (broad SMARTS) is 1. The predicted octanol–water partition coefficient (Wildman–Crippen LogP) is 4.48. The minimum atomic E-state index is -0.693. The highest BCUT2D eigenvalue weighted by Gasteiger charge is 2.24. The number of pyridine rings is 1. The first-order valence-electron chi connectivity index (χ1n) is 11.7. The van der Waals surface area contributed by atoms with Crippen molar-refractivity contribution in [1.82, 2.24) is 15.3 Å². The van der Waals surface area contributed by atoms with Gasteiger partial charge in [0.25, 0.3) is 11.4 Å². The molecule has 9 heteroatoms. The van der Waals surface area contributed by atoms with Gasteiger partial charge in [0.15, 0.2) is 5.21 Å². The van der Waals surface area contributed by atoms with Gasteiger partial charge in [-0.05, 0) is 73.3 Å².